The molecule has 238 valence electrons. The highest BCUT2D eigenvalue weighted by atomic mass is 32.1. The number of aromatic nitrogens is 3. The van der Waals surface area contributed by atoms with Gasteiger partial charge in [0, 0.05) is 62.2 Å². The Kier molecular flexibility index (Phi) is 6.26. The lowest BCUT2D eigenvalue weighted by Gasteiger charge is -2.09. The minimum atomic E-state index is 0.578. The standard InChI is InChI=1S/C45H25N3OS2/c1-2-10-26(11-3-1)43-46-44(28-21-23-40-36(25-28)31-13-5-6-18-38(31)50-40)48-45(47-43)34-17-9-15-32-35-24-27(20-22-37(35)49-41(32)34)29-14-8-16-33-30-12-4-7-19-39(30)51-42(29)33/h1-25H. The van der Waals surface area contributed by atoms with Crippen LogP contribution in [0.25, 0.3) is 108 Å². The first-order valence-electron chi connectivity index (χ1n) is 16.8. The topological polar surface area (TPSA) is 51.8 Å². The number of nitrogens with zero attached hydrogens (tertiary/aromatic N) is 3. The Morgan fingerprint density at radius 3 is 1.82 bits per heavy atom. The fourth-order valence-electron chi connectivity index (χ4n) is 7.32. The van der Waals surface area contributed by atoms with Gasteiger partial charge >= 0.3 is 0 Å². The Bertz CT molecular complexity index is 3160. The largest absolute Gasteiger partial charge is 0.455 e. The Morgan fingerprint density at radius 2 is 0.980 bits per heavy atom. The van der Waals surface area contributed by atoms with Gasteiger partial charge in [-0.1, -0.05) is 103 Å². The second kappa shape index (κ2) is 11.2. The van der Waals surface area contributed by atoms with Gasteiger partial charge < -0.3 is 4.42 Å². The summed E-state index contributed by atoms with van der Waals surface area (Å²) in [4.78, 5) is 15.2. The summed E-state index contributed by atoms with van der Waals surface area (Å²) >= 11 is 3.65. The molecule has 0 N–H and O–H groups in total. The van der Waals surface area contributed by atoms with Crippen molar-refractivity contribution in [1.29, 1.82) is 0 Å². The van der Waals surface area contributed by atoms with Crippen LogP contribution in [0.15, 0.2) is 156 Å². The summed E-state index contributed by atoms with van der Waals surface area (Å²) in [5.41, 5.74) is 6.70. The monoisotopic (exact) mass is 687 g/mol. The Labute approximate surface area is 299 Å². The predicted octanol–water partition coefficient (Wildman–Crippen LogP) is 13.2. The van der Waals surface area contributed by atoms with E-state index in [9.17, 15) is 0 Å². The normalized spacial score (nSPS) is 11.9. The molecule has 6 heteroatoms. The third-order valence-corrected chi connectivity index (χ3v) is 12.1. The van der Waals surface area contributed by atoms with E-state index in [0.717, 1.165) is 44.2 Å². The minimum absolute atomic E-state index is 0.578. The van der Waals surface area contributed by atoms with Gasteiger partial charge in [-0.15, -0.1) is 22.7 Å². The maximum Gasteiger partial charge on any atom is 0.167 e. The van der Waals surface area contributed by atoms with E-state index in [1.54, 1.807) is 11.3 Å². The van der Waals surface area contributed by atoms with Crippen molar-refractivity contribution in [3.63, 3.8) is 0 Å². The lowest BCUT2D eigenvalue weighted by molar-refractivity contribution is 0.669. The van der Waals surface area contributed by atoms with Crippen LogP contribution in [0.2, 0.25) is 0 Å². The van der Waals surface area contributed by atoms with Gasteiger partial charge in [0.1, 0.15) is 11.2 Å². The molecule has 51 heavy (non-hydrogen) atoms. The first-order valence-corrected chi connectivity index (χ1v) is 18.5. The zero-order valence-corrected chi connectivity index (χ0v) is 28.6. The molecule has 0 amide bonds. The van der Waals surface area contributed by atoms with E-state index in [2.05, 4.69) is 115 Å². The first kappa shape index (κ1) is 28.6. The maximum atomic E-state index is 6.65. The van der Waals surface area contributed by atoms with Gasteiger partial charge in [0.2, 0.25) is 0 Å². The van der Waals surface area contributed by atoms with Crippen LogP contribution in [0.4, 0.5) is 0 Å². The first-order chi connectivity index (χ1) is 25.2. The molecule has 0 radical (unpaired) electrons. The predicted molar refractivity (Wildman–Crippen MR) is 215 cm³/mol. The number of benzene rings is 7. The molecule has 0 aliphatic rings. The molecule has 0 saturated heterocycles. The van der Waals surface area contributed by atoms with Gasteiger partial charge in [-0.05, 0) is 59.7 Å². The number of furan rings is 1. The molecule has 0 spiro atoms. The van der Waals surface area contributed by atoms with Crippen LogP contribution in [0.5, 0.6) is 0 Å². The van der Waals surface area contributed by atoms with Crippen LogP contribution >= 0.6 is 22.7 Å². The fraction of sp³-hybridized carbons (Fsp3) is 0. The fourth-order valence-corrected chi connectivity index (χ4v) is 9.65. The summed E-state index contributed by atoms with van der Waals surface area (Å²) in [5.74, 6) is 1.83. The molecule has 0 aliphatic heterocycles. The number of rotatable bonds is 4. The SMILES string of the molecule is c1ccc(-c2nc(-c3ccc4sc5ccccc5c4c3)nc(-c3cccc4c3oc3ccc(-c5cccc6c5sc5ccccc56)cc34)n2)cc1. The van der Waals surface area contributed by atoms with Gasteiger partial charge in [-0.2, -0.15) is 0 Å². The molecule has 0 saturated carbocycles. The van der Waals surface area contributed by atoms with Crippen molar-refractivity contribution in [3.05, 3.63) is 152 Å². The summed E-state index contributed by atoms with van der Waals surface area (Å²) in [6.07, 6.45) is 0. The van der Waals surface area contributed by atoms with E-state index in [1.165, 1.54) is 45.9 Å². The average molecular weight is 688 g/mol. The van der Waals surface area contributed by atoms with Crippen LogP contribution in [0.3, 0.4) is 0 Å². The van der Waals surface area contributed by atoms with Crippen molar-refractivity contribution in [2.75, 3.05) is 0 Å². The second-order valence-corrected chi connectivity index (χ2v) is 14.9. The number of thiophene rings is 2. The number of fused-ring (bicyclic) bond motifs is 9. The van der Waals surface area contributed by atoms with Crippen molar-refractivity contribution in [2.24, 2.45) is 0 Å². The summed E-state index contributed by atoms with van der Waals surface area (Å²) in [6.45, 7) is 0. The van der Waals surface area contributed by atoms with Crippen LogP contribution in [-0.2, 0) is 0 Å². The third kappa shape index (κ3) is 4.54. The summed E-state index contributed by atoms with van der Waals surface area (Å²) in [6, 6.07) is 53.2. The minimum Gasteiger partial charge on any atom is -0.455 e. The van der Waals surface area contributed by atoms with Crippen molar-refractivity contribution in [1.82, 2.24) is 15.0 Å². The van der Waals surface area contributed by atoms with Crippen molar-refractivity contribution in [3.8, 4) is 45.3 Å². The van der Waals surface area contributed by atoms with Gasteiger partial charge in [0.15, 0.2) is 17.5 Å². The van der Waals surface area contributed by atoms with E-state index in [1.807, 2.05) is 47.7 Å². The Morgan fingerprint density at radius 1 is 0.373 bits per heavy atom. The van der Waals surface area contributed by atoms with Crippen molar-refractivity contribution >= 4 is 85.0 Å². The molecule has 7 aromatic carbocycles. The molecule has 0 unspecified atom stereocenters. The molecule has 0 bridgehead atoms. The smallest absolute Gasteiger partial charge is 0.167 e. The molecule has 4 heterocycles. The van der Waals surface area contributed by atoms with Crippen molar-refractivity contribution < 1.29 is 4.42 Å². The van der Waals surface area contributed by atoms with Gasteiger partial charge in [-0.25, -0.2) is 15.0 Å². The second-order valence-electron chi connectivity index (χ2n) is 12.8. The Balaban J connectivity index is 1.09. The van der Waals surface area contributed by atoms with E-state index in [4.69, 9.17) is 19.4 Å². The van der Waals surface area contributed by atoms with Crippen LogP contribution in [-0.4, -0.2) is 15.0 Å². The van der Waals surface area contributed by atoms with Crippen molar-refractivity contribution in [2.45, 2.75) is 0 Å². The summed E-state index contributed by atoms with van der Waals surface area (Å²) < 4.78 is 11.8. The zero-order chi connectivity index (χ0) is 33.5. The summed E-state index contributed by atoms with van der Waals surface area (Å²) in [5, 5.41) is 7.13. The Hall–Kier alpha value is -6.21. The highest BCUT2D eigenvalue weighted by molar-refractivity contribution is 7.26. The van der Waals surface area contributed by atoms with E-state index in [0.29, 0.717) is 17.5 Å². The number of hydrogen-bond acceptors (Lipinski definition) is 6. The highest BCUT2D eigenvalue weighted by Crippen LogP contribution is 2.43. The molecule has 4 aromatic heterocycles. The molecule has 0 atom stereocenters. The van der Waals surface area contributed by atoms with Crippen LogP contribution in [0, 0.1) is 0 Å². The zero-order valence-electron chi connectivity index (χ0n) is 27.0. The van der Waals surface area contributed by atoms with E-state index in [-0.39, 0.29) is 0 Å². The maximum absolute atomic E-state index is 6.65. The molecular weight excluding hydrogens is 663 g/mol. The lowest BCUT2D eigenvalue weighted by atomic mass is 10.00. The van der Waals surface area contributed by atoms with Gasteiger partial charge in [-0.3, -0.25) is 0 Å². The van der Waals surface area contributed by atoms with E-state index >= 15 is 0 Å². The molecule has 11 rings (SSSR count). The number of hydrogen-bond donors (Lipinski definition) is 0. The molecular formula is C45H25N3OS2. The molecule has 11 aromatic rings. The summed E-state index contributed by atoms with van der Waals surface area (Å²) in [7, 11) is 0. The van der Waals surface area contributed by atoms with Crippen LogP contribution in [0.1, 0.15) is 0 Å². The number of para-hydroxylation sites is 1. The van der Waals surface area contributed by atoms with Crippen LogP contribution < -0.4 is 0 Å². The quantitative estimate of drug-likeness (QED) is 0.185. The molecule has 4 nitrogen and oxygen atoms in total. The average Bonchev–Trinajstić information content (AvgIpc) is 3.89. The lowest BCUT2D eigenvalue weighted by Crippen LogP contribution is -2.00. The van der Waals surface area contributed by atoms with Gasteiger partial charge in [0.25, 0.3) is 0 Å². The highest BCUT2D eigenvalue weighted by Gasteiger charge is 2.19. The molecule has 0 fully saturated rings. The molecule has 0 aliphatic carbocycles. The third-order valence-electron chi connectivity index (χ3n) is 9.76. The van der Waals surface area contributed by atoms with Gasteiger partial charge in [0.05, 0.1) is 5.56 Å². The van der Waals surface area contributed by atoms with E-state index < -0.39 is 0 Å².